The summed E-state index contributed by atoms with van der Waals surface area (Å²) in [4.78, 5) is 37.2. The summed E-state index contributed by atoms with van der Waals surface area (Å²) in [7, 11) is 2.46. The molecule has 1 aliphatic carbocycles. The normalized spacial score (nSPS) is 25.9. The maximum atomic E-state index is 13.1. The van der Waals surface area contributed by atoms with Crippen molar-refractivity contribution in [3.8, 4) is 0 Å². The number of carbonyl (C=O) groups is 3. The van der Waals surface area contributed by atoms with E-state index in [4.69, 9.17) is 20.3 Å². The molecular weight excluding hydrogens is 653 g/mol. The van der Waals surface area contributed by atoms with Gasteiger partial charge in [-0.25, -0.2) is 4.79 Å². The number of ketones is 1. The third-order valence-corrected chi connectivity index (χ3v) is 6.59. The number of methoxy groups -OCH3 is 1. The Kier molecular flexibility index (Phi) is 38.5. The number of aliphatic hydroxyl groups is 2. The van der Waals surface area contributed by atoms with Crippen LogP contribution in [0.1, 0.15) is 69.2 Å². The second-order valence-electron chi connectivity index (χ2n) is 9.53. The molecule has 1 aliphatic heterocycles. The summed E-state index contributed by atoms with van der Waals surface area (Å²) in [5.74, 6) is -0.805. The van der Waals surface area contributed by atoms with Gasteiger partial charge < -0.3 is 30.7 Å². The Balaban J connectivity index is -0.000000314. The molecule has 0 spiro atoms. The van der Waals surface area contributed by atoms with Crippen LogP contribution in [0, 0.1) is 11.8 Å². The fraction of sp³-hybridized carbons (Fsp3) is 0.531. The standard InChI is InChI=1S/C28H38N2O6.CH4O.3CH4.4H2S/c1-16-11-12-23(31)18(3)14-19(4)27(36-28(29)34)24(35-6)9-7-8-10-25(32)30-22-15-17(2)20(5)21(13-16)26(22)33;1-2;;;;;;;/h7-10,14-16,18,23-24,27,31H,2,11-13H2,1,3-6H3,(H2,29,34)(H,30,32);2H,1H3;3*1H4;4*1H2/b9-7+,10-8+,19-14+;;;;;;;;/t16?,18?,23?,24-,27?;;;;;;;;/m0......../s1. The molecule has 2 rings (SSSR count). The van der Waals surface area contributed by atoms with Gasteiger partial charge in [0, 0.05) is 31.8 Å². The van der Waals surface area contributed by atoms with Crippen molar-refractivity contribution in [2.75, 3.05) is 14.2 Å². The van der Waals surface area contributed by atoms with Crippen LogP contribution in [0.25, 0.3) is 0 Å². The van der Waals surface area contributed by atoms with Crippen LogP contribution in [0.3, 0.4) is 0 Å². The van der Waals surface area contributed by atoms with Gasteiger partial charge in [-0.2, -0.15) is 54.0 Å². The molecule has 0 aromatic heterocycles. The third-order valence-electron chi connectivity index (χ3n) is 6.59. The Morgan fingerprint density at radius 2 is 1.58 bits per heavy atom. The van der Waals surface area contributed by atoms with Gasteiger partial charge >= 0.3 is 6.09 Å². The molecule has 13 heteroatoms. The molecule has 5 atom stereocenters. The van der Waals surface area contributed by atoms with E-state index in [0.29, 0.717) is 36.0 Å². The van der Waals surface area contributed by atoms with E-state index in [-0.39, 0.29) is 99.6 Å². The average Bonchev–Trinajstić information content (AvgIpc) is 2.87. The van der Waals surface area contributed by atoms with Crippen LogP contribution < -0.4 is 11.1 Å². The smallest absolute Gasteiger partial charge is 0.405 e. The van der Waals surface area contributed by atoms with Crippen LogP contribution in [0.2, 0.25) is 0 Å². The van der Waals surface area contributed by atoms with Crippen molar-refractivity contribution >= 4 is 71.8 Å². The van der Waals surface area contributed by atoms with Crippen LogP contribution in [0.15, 0.2) is 71.0 Å². The van der Waals surface area contributed by atoms with Gasteiger partial charge in [-0.15, -0.1) is 0 Å². The molecule has 266 valence electrons. The number of nitrogens with one attached hydrogen (secondary N) is 1. The first-order valence-corrected chi connectivity index (χ1v) is 12.6. The average molecular weight is 715 g/mol. The molecule has 0 aromatic carbocycles. The SMILES string of the molecule is C.C.C.C=C1C=C2NC(=O)/C=C/C=C/[C@H](OC)C(OC(N)=O)/C(C)=C/C(C)C(O)CCC(C)CC(=C1C)C2=O.CO.S.S.S.S. The molecule has 5 N–H and O–H groups in total. The molecule has 2 aliphatic rings. The summed E-state index contributed by atoms with van der Waals surface area (Å²) in [5, 5.41) is 20.5. The van der Waals surface area contributed by atoms with Gasteiger partial charge in [-0.3, -0.25) is 9.59 Å². The molecule has 2 amide bonds. The molecule has 0 radical (unpaired) electrons. The number of fused-ring (bicyclic) bond motifs is 2. The van der Waals surface area contributed by atoms with Crippen LogP contribution in [-0.4, -0.2) is 60.5 Å². The fourth-order valence-corrected chi connectivity index (χ4v) is 4.34. The second kappa shape index (κ2) is 29.5. The zero-order chi connectivity index (χ0) is 29.0. The minimum Gasteiger partial charge on any atom is -0.439 e. The van der Waals surface area contributed by atoms with E-state index in [1.807, 2.05) is 26.8 Å². The quantitative estimate of drug-likeness (QED) is 0.266. The summed E-state index contributed by atoms with van der Waals surface area (Å²) in [6.07, 6.45) is 8.05. The largest absolute Gasteiger partial charge is 0.439 e. The number of nitrogens with two attached hydrogens (primary N) is 1. The first-order chi connectivity index (χ1) is 17.9. The number of ether oxygens (including phenoxy) is 2. The van der Waals surface area contributed by atoms with Gasteiger partial charge in [-0.05, 0) is 61.8 Å². The minimum atomic E-state index is -0.950. The molecular formula is C32H62N2O7S4. The lowest BCUT2D eigenvalue weighted by Crippen LogP contribution is -2.35. The lowest BCUT2D eigenvalue weighted by atomic mass is 9.84. The van der Waals surface area contributed by atoms with E-state index < -0.39 is 30.3 Å². The maximum absolute atomic E-state index is 13.1. The Morgan fingerprint density at radius 3 is 2.09 bits per heavy atom. The van der Waals surface area contributed by atoms with Gasteiger partial charge in [0.15, 0.2) is 6.10 Å². The predicted octanol–water partition coefficient (Wildman–Crippen LogP) is 5.76. The number of carbonyl (C=O) groups excluding carboxylic acids is 3. The number of amides is 2. The summed E-state index contributed by atoms with van der Waals surface area (Å²) in [6.45, 7) is 11.6. The molecule has 0 fully saturated rings. The van der Waals surface area contributed by atoms with E-state index in [1.165, 1.54) is 19.3 Å². The molecule has 4 unspecified atom stereocenters. The van der Waals surface area contributed by atoms with Crippen LogP contribution >= 0.6 is 54.0 Å². The Labute approximate surface area is 300 Å². The number of primary amides is 1. The van der Waals surface area contributed by atoms with E-state index in [1.54, 1.807) is 25.2 Å². The van der Waals surface area contributed by atoms with Crippen molar-refractivity contribution in [2.24, 2.45) is 17.6 Å². The molecule has 9 nitrogen and oxygen atoms in total. The van der Waals surface area contributed by atoms with Crippen molar-refractivity contribution in [1.29, 1.82) is 0 Å². The van der Waals surface area contributed by atoms with Crippen LogP contribution in [0.5, 0.6) is 0 Å². The zero-order valence-corrected chi connectivity index (χ0v) is 29.2. The monoisotopic (exact) mass is 714 g/mol. The Morgan fingerprint density at radius 1 is 1.02 bits per heavy atom. The topological polar surface area (TPSA) is 148 Å². The lowest BCUT2D eigenvalue weighted by Gasteiger charge is -2.26. The van der Waals surface area contributed by atoms with E-state index in [9.17, 15) is 19.5 Å². The van der Waals surface area contributed by atoms with Crippen molar-refractivity contribution in [3.05, 3.63) is 71.0 Å². The molecule has 1 heterocycles. The van der Waals surface area contributed by atoms with Crippen molar-refractivity contribution in [3.63, 3.8) is 0 Å². The lowest BCUT2D eigenvalue weighted by molar-refractivity contribution is -0.118. The molecule has 45 heavy (non-hydrogen) atoms. The number of rotatable bonds is 2. The highest BCUT2D eigenvalue weighted by atomic mass is 32.1. The fourth-order valence-electron chi connectivity index (χ4n) is 4.34. The highest BCUT2D eigenvalue weighted by Gasteiger charge is 2.28. The number of aliphatic hydroxyl groups excluding tert-OH is 2. The van der Waals surface area contributed by atoms with E-state index in [2.05, 4.69) is 11.9 Å². The second-order valence-corrected chi connectivity index (χ2v) is 9.53. The molecule has 0 saturated carbocycles. The van der Waals surface area contributed by atoms with Crippen molar-refractivity contribution in [1.82, 2.24) is 5.32 Å². The number of hydrogen-bond donors (Lipinski definition) is 4. The van der Waals surface area contributed by atoms with Gasteiger partial charge in [0.05, 0.1) is 11.8 Å². The first-order valence-electron chi connectivity index (χ1n) is 12.6. The maximum Gasteiger partial charge on any atom is 0.405 e. The van der Waals surface area contributed by atoms with Crippen LogP contribution in [0.4, 0.5) is 4.79 Å². The number of hydrogen-bond acceptors (Lipinski definition) is 7. The van der Waals surface area contributed by atoms with E-state index in [0.717, 1.165) is 12.7 Å². The van der Waals surface area contributed by atoms with Gasteiger partial charge in [-0.1, -0.05) is 67.0 Å². The zero-order valence-electron chi connectivity index (χ0n) is 25.2. The minimum absolute atomic E-state index is 0. The highest BCUT2D eigenvalue weighted by Crippen LogP contribution is 2.30. The van der Waals surface area contributed by atoms with Crippen LogP contribution in [-0.2, 0) is 19.1 Å². The van der Waals surface area contributed by atoms with Crippen molar-refractivity contribution in [2.45, 2.75) is 87.5 Å². The number of allylic oxidation sites excluding steroid dienone is 6. The summed E-state index contributed by atoms with van der Waals surface area (Å²) in [6, 6.07) is 0. The molecule has 0 aromatic rings. The Hall–Kier alpha value is -1.87. The molecule has 0 saturated heterocycles. The summed E-state index contributed by atoms with van der Waals surface area (Å²) in [5.41, 5.74) is 8.27. The first kappa shape index (κ1) is 58.6. The van der Waals surface area contributed by atoms with Gasteiger partial charge in [0.1, 0.15) is 6.10 Å². The molecule has 2 bridgehead atoms. The Bertz CT molecular complexity index is 1060. The van der Waals surface area contributed by atoms with Gasteiger partial charge in [0.25, 0.3) is 0 Å². The highest BCUT2D eigenvalue weighted by molar-refractivity contribution is 7.59. The summed E-state index contributed by atoms with van der Waals surface area (Å²) >= 11 is 0. The van der Waals surface area contributed by atoms with Crippen molar-refractivity contribution < 1.29 is 34.1 Å². The summed E-state index contributed by atoms with van der Waals surface area (Å²) < 4.78 is 10.8. The van der Waals surface area contributed by atoms with Gasteiger partial charge in [0.2, 0.25) is 11.7 Å². The predicted molar refractivity (Wildman–Crippen MR) is 208 cm³/mol. The third kappa shape index (κ3) is 18.8. The van der Waals surface area contributed by atoms with E-state index >= 15 is 0 Å². The number of Topliss-reactive ketones (excluding diaryl/α,β-unsaturated/α-hetero) is 1.